The Morgan fingerprint density at radius 3 is 2.58 bits per heavy atom. The van der Waals surface area contributed by atoms with E-state index in [4.69, 9.17) is 0 Å². The Morgan fingerprint density at radius 2 is 2.00 bits per heavy atom. The van der Waals surface area contributed by atoms with Crippen molar-refractivity contribution in [1.29, 1.82) is 0 Å². The summed E-state index contributed by atoms with van der Waals surface area (Å²) in [6.07, 6.45) is 6.32. The van der Waals surface area contributed by atoms with Crippen LogP contribution in [0.1, 0.15) is 46.0 Å². The summed E-state index contributed by atoms with van der Waals surface area (Å²) in [6, 6.07) is 3.05. The quantitative estimate of drug-likeness (QED) is 0.666. The predicted molar refractivity (Wildman–Crippen MR) is 106 cm³/mol. The second kappa shape index (κ2) is 9.82. The van der Waals surface area contributed by atoms with Gasteiger partial charge in [-0.1, -0.05) is 39.2 Å². The zero-order valence-electron chi connectivity index (χ0n) is 15.9. The largest absolute Gasteiger partial charge is 0.353 e. The fraction of sp³-hybridized carbons (Fsp3) is 0.722. The molecular formula is C18H31N3O3S2. The maximum Gasteiger partial charge on any atom is 0.250 e. The van der Waals surface area contributed by atoms with Gasteiger partial charge in [0, 0.05) is 19.1 Å². The summed E-state index contributed by atoms with van der Waals surface area (Å²) in [7, 11) is -1.57. The van der Waals surface area contributed by atoms with Crippen molar-refractivity contribution in [2.45, 2.75) is 62.2 Å². The molecule has 8 heteroatoms. The number of hydrogen-bond donors (Lipinski definition) is 2. The minimum absolute atomic E-state index is 0.138. The highest BCUT2D eigenvalue weighted by Gasteiger charge is 2.28. The van der Waals surface area contributed by atoms with Crippen LogP contribution in [0.25, 0.3) is 0 Å². The molecule has 0 unspecified atom stereocenters. The van der Waals surface area contributed by atoms with Crippen LogP contribution in [0.2, 0.25) is 0 Å². The van der Waals surface area contributed by atoms with E-state index in [2.05, 4.69) is 22.0 Å². The second-order valence-corrected chi connectivity index (χ2v) is 10.2. The van der Waals surface area contributed by atoms with Gasteiger partial charge >= 0.3 is 0 Å². The zero-order valence-corrected chi connectivity index (χ0v) is 17.5. The Labute approximate surface area is 161 Å². The molecule has 1 saturated carbocycles. The Bertz CT molecular complexity index is 653. The van der Waals surface area contributed by atoms with Crippen LogP contribution in [0.3, 0.4) is 0 Å². The van der Waals surface area contributed by atoms with Crippen molar-refractivity contribution in [3.8, 4) is 0 Å². The van der Waals surface area contributed by atoms with Crippen molar-refractivity contribution in [2.75, 3.05) is 20.1 Å². The fourth-order valence-electron chi connectivity index (χ4n) is 3.30. The number of sulfonamides is 1. The lowest BCUT2D eigenvalue weighted by Gasteiger charge is -2.31. The molecule has 0 aromatic carbocycles. The number of nitrogens with zero attached hydrogens (tertiary/aromatic N) is 1. The van der Waals surface area contributed by atoms with Gasteiger partial charge in [0.2, 0.25) is 5.91 Å². The van der Waals surface area contributed by atoms with Crippen LogP contribution >= 0.6 is 11.3 Å². The van der Waals surface area contributed by atoms with E-state index in [1.54, 1.807) is 17.5 Å². The van der Waals surface area contributed by atoms with Crippen LogP contribution in [-0.4, -0.2) is 51.4 Å². The van der Waals surface area contributed by atoms with Gasteiger partial charge in [-0.3, -0.25) is 4.79 Å². The molecule has 0 spiro atoms. The average molecular weight is 402 g/mol. The van der Waals surface area contributed by atoms with Gasteiger partial charge in [-0.05, 0) is 37.3 Å². The molecule has 1 aromatic heterocycles. The lowest BCUT2D eigenvalue weighted by molar-refractivity contribution is -0.123. The molecule has 0 bridgehead atoms. The van der Waals surface area contributed by atoms with Crippen molar-refractivity contribution in [2.24, 2.45) is 5.92 Å². The SMILES string of the molecule is CC(C)[C@H](NS(=O)(=O)c1cccs1)C(=O)NCCN(C)C1CCCCC1. The van der Waals surface area contributed by atoms with Gasteiger partial charge in [0.1, 0.15) is 10.3 Å². The first-order valence-corrected chi connectivity index (χ1v) is 11.7. The van der Waals surface area contributed by atoms with E-state index in [1.807, 2.05) is 13.8 Å². The minimum Gasteiger partial charge on any atom is -0.353 e. The number of amides is 1. The van der Waals surface area contributed by atoms with Gasteiger partial charge in [0.05, 0.1) is 0 Å². The van der Waals surface area contributed by atoms with E-state index in [-0.39, 0.29) is 16.0 Å². The third-order valence-corrected chi connectivity index (χ3v) is 7.79. The summed E-state index contributed by atoms with van der Waals surface area (Å²) in [5.74, 6) is -0.405. The van der Waals surface area contributed by atoms with Gasteiger partial charge in [-0.2, -0.15) is 4.72 Å². The van der Waals surface area contributed by atoms with Crippen LogP contribution < -0.4 is 10.0 Å². The first kappa shape index (κ1) is 21.3. The molecular weight excluding hydrogens is 370 g/mol. The summed E-state index contributed by atoms with van der Waals surface area (Å²) in [5.41, 5.74) is 0. The summed E-state index contributed by atoms with van der Waals surface area (Å²) < 4.78 is 27.6. The monoisotopic (exact) mass is 401 g/mol. The van der Waals surface area contributed by atoms with E-state index < -0.39 is 16.1 Å². The Hall–Kier alpha value is -0.960. The second-order valence-electron chi connectivity index (χ2n) is 7.34. The number of carbonyl (C=O) groups excluding carboxylic acids is 1. The van der Waals surface area contributed by atoms with E-state index in [1.165, 1.54) is 32.1 Å². The van der Waals surface area contributed by atoms with Crippen LogP contribution in [0.4, 0.5) is 0 Å². The highest BCUT2D eigenvalue weighted by atomic mass is 32.2. The molecule has 1 atom stereocenters. The first-order valence-electron chi connectivity index (χ1n) is 9.35. The third kappa shape index (κ3) is 6.04. The number of carbonyl (C=O) groups is 1. The summed E-state index contributed by atoms with van der Waals surface area (Å²) >= 11 is 1.14. The lowest BCUT2D eigenvalue weighted by atomic mass is 9.94. The van der Waals surface area contributed by atoms with Crippen LogP contribution in [0, 0.1) is 5.92 Å². The third-order valence-electron chi connectivity index (χ3n) is 4.95. The smallest absolute Gasteiger partial charge is 0.250 e. The molecule has 0 saturated heterocycles. The molecule has 1 aromatic rings. The standard InChI is InChI=1S/C18H31N3O3S2/c1-14(2)17(20-26(23,24)16-10-7-13-25-16)18(22)19-11-12-21(3)15-8-5-4-6-9-15/h7,10,13-15,17,20H,4-6,8-9,11-12H2,1-3H3,(H,19,22)/t17-/m0/s1. The molecule has 0 aliphatic heterocycles. The number of rotatable bonds is 9. The Kier molecular flexibility index (Phi) is 8.06. The van der Waals surface area contributed by atoms with Crippen LogP contribution in [0.5, 0.6) is 0 Å². The number of hydrogen-bond acceptors (Lipinski definition) is 5. The maximum absolute atomic E-state index is 12.5. The number of nitrogens with one attached hydrogen (secondary N) is 2. The van der Waals surface area contributed by atoms with Crippen LogP contribution in [-0.2, 0) is 14.8 Å². The molecule has 6 nitrogen and oxygen atoms in total. The minimum atomic E-state index is -3.67. The van der Waals surface area contributed by atoms with Crippen molar-refractivity contribution in [3.05, 3.63) is 17.5 Å². The van der Waals surface area contributed by atoms with Gasteiger partial charge < -0.3 is 10.2 Å². The summed E-state index contributed by atoms with van der Waals surface area (Å²) in [5, 5.41) is 4.61. The average Bonchev–Trinajstić information content (AvgIpc) is 3.15. The normalized spacial score (nSPS) is 17.6. The molecule has 0 radical (unpaired) electrons. The van der Waals surface area contributed by atoms with Gasteiger partial charge in [0.25, 0.3) is 10.0 Å². The highest BCUT2D eigenvalue weighted by molar-refractivity contribution is 7.91. The van der Waals surface area contributed by atoms with Crippen molar-refractivity contribution < 1.29 is 13.2 Å². The number of likely N-dealkylation sites (N-methyl/N-ethyl adjacent to an activating group) is 1. The summed E-state index contributed by atoms with van der Waals surface area (Å²) in [6.45, 7) is 4.99. The molecule has 2 N–H and O–H groups in total. The maximum atomic E-state index is 12.5. The molecule has 26 heavy (non-hydrogen) atoms. The van der Waals surface area contributed by atoms with Gasteiger partial charge in [-0.15, -0.1) is 11.3 Å². The highest BCUT2D eigenvalue weighted by Crippen LogP contribution is 2.21. The van der Waals surface area contributed by atoms with Gasteiger partial charge in [-0.25, -0.2) is 8.42 Å². The van der Waals surface area contributed by atoms with Crippen LogP contribution in [0.15, 0.2) is 21.7 Å². The molecule has 1 aliphatic rings. The topological polar surface area (TPSA) is 78.5 Å². The van der Waals surface area contributed by atoms with Gasteiger partial charge in [0.15, 0.2) is 0 Å². The van der Waals surface area contributed by atoms with Crippen molar-refractivity contribution in [1.82, 2.24) is 14.9 Å². The summed E-state index contributed by atoms with van der Waals surface area (Å²) in [4.78, 5) is 14.8. The molecule has 1 fully saturated rings. The van der Waals surface area contributed by atoms with E-state index in [0.29, 0.717) is 12.6 Å². The Morgan fingerprint density at radius 1 is 1.31 bits per heavy atom. The number of thiophene rings is 1. The van der Waals surface area contributed by atoms with Crippen molar-refractivity contribution >= 4 is 27.3 Å². The predicted octanol–water partition coefficient (Wildman–Crippen LogP) is 2.43. The Balaban J connectivity index is 1.86. The molecule has 1 aliphatic carbocycles. The molecule has 148 valence electrons. The molecule has 1 amide bonds. The lowest BCUT2D eigenvalue weighted by Crippen LogP contribution is -2.50. The fourth-order valence-corrected chi connectivity index (χ4v) is 5.66. The molecule has 2 rings (SSSR count). The zero-order chi connectivity index (χ0) is 19.2. The van der Waals surface area contributed by atoms with Crippen molar-refractivity contribution in [3.63, 3.8) is 0 Å². The van der Waals surface area contributed by atoms with E-state index >= 15 is 0 Å². The molecule has 1 heterocycles. The van der Waals surface area contributed by atoms with E-state index in [0.717, 1.165) is 17.9 Å². The van der Waals surface area contributed by atoms with E-state index in [9.17, 15) is 13.2 Å². The first-order chi connectivity index (χ1) is 12.3.